The number of nitrogens with zero attached hydrogens (tertiary/aromatic N) is 3. The van der Waals surface area contributed by atoms with Gasteiger partial charge in [0.05, 0.1) is 22.7 Å². The van der Waals surface area contributed by atoms with Crippen LogP contribution in [0, 0.1) is 18.3 Å². The first-order chi connectivity index (χ1) is 23.0. The van der Waals surface area contributed by atoms with Crippen LogP contribution in [0.25, 0.3) is 11.1 Å². The highest BCUT2D eigenvalue weighted by Gasteiger charge is 2.33. The lowest BCUT2D eigenvalue weighted by molar-refractivity contribution is -0.139. The molecule has 0 saturated carbocycles. The maximum atomic E-state index is 13.6. The molecule has 2 heterocycles. The van der Waals surface area contributed by atoms with Crippen LogP contribution in [0.5, 0.6) is 11.5 Å². The van der Waals surface area contributed by atoms with E-state index in [-0.39, 0.29) is 18.6 Å². The van der Waals surface area contributed by atoms with E-state index in [4.69, 9.17) is 21.1 Å². The Labute approximate surface area is 282 Å². The lowest BCUT2D eigenvalue weighted by atomic mass is 9.97. The summed E-state index contributed by atoms with van der Waals surface area (Å²) in [6.45, 7) is 7.26. The maximum absolute atomic E-state index is 13.6. The lowest BCUT2D eigenvalue weighted by Gasteiger charge is -2.39. The number of amides is 1. The van der Waals surface area contributed by atoms with Crippen molar-refractivity contribution in [3.63, 3.8) is 0 Å². The summed E-state index contributed by atoms with van der Waals surface area (Å²) in [4.78, 5) is 17.9. The van der Waals surface area contributed by atoms with E-state index in [1.165, 1.54) is 5.56 Å². The smallest absolute Gasteiger partial charge is 0.240 e. The van der Waals surface area contributed by atoms with E-state index in [9.17, 15) is 10.1 Å². The Morgan fingerprint density at radius 1 is 0.894 bits per heavy atom. The van der Waals surface area contributed by atoms with Gasteiger partial charge in [0.15, 0.2) is 0 Å². The summed E-state index contributed by atoms with van der Waals surface area (Å²) in [6, 6.07) is 29.9. The molecule has 6 rings (SSSR count). The van der Waals surface area contributed by atoms with Crippen LogP contribution in [0.2, 0.25) is 5.02 Å². The van der Waals surface area contributed by atoms with E-state index < -0.39 is 0 Å². The van der Waals surface area contributed by atoms with E-state index in [2.05, 4.69) is 53.5 Å². The van der Waals surface area contributed by atoms with Gasteiger partial charge in [0.2, 0.25) is 5.91 Å². The van der Waals surface area contributed by atoms with E-state index >= 15 is 0 Å². The van der Waals surface area contributed by atoms with E-state index in [0.717, 1.165) is 79.8 Å². The van der Waals surface area contributed by atoms with E-state index in [1.807, 2.05) is 53.4 Å². The predicted octanol–water partition coefficient (Wildman–Crippen LogP) is 7.13. The quantitative estimate of drug-likeness (QED) is 0.197. The summed E-state index contributed by atoms with van der Waals surface area (Å²) in [6.07, 6.45) is 2.92. The third-order valence-corrected chi connectivity index (χ3v) is 9.48. The van der Waals surface area contributed by atoms with Gasteiger partial charge < -0.3 is 19.7 Å². The third-order valence-electron chi connectivity index (χ3n) is 9.18. The van der Waals surface area contributed by atoms with Gasteiger partial charge in [0.1, 0.15) is 24.7 Å². The first-order valence-electron chi connectivity index (χ1n) is 16.4. The number of piperazine rings is 1. The van der Waals surface area contributed by atoms with Crippen molar-refractivity contribution in [2.24, 2.45) is 0 Å². The molecule has 2 saturated heterocycles. The molecule has 2 fully saturated rings. The van der Waals surface area contributed by atoms with Crippen molar-refractivity contribution >= 4 is 17.5 Å². The highest BCUT2D eigenvalue weighted by molar-refractivity contribution is 6.32. The zero-order valence-electron chi connectivity index (χ0n) is 26.9. The van der Waals surface area contributed by atoms with Crippen molar-refractivity contribution in [2.75, 3.05) is 32.7 Å². The molecule has 7 nitrogen and oxygen atoms in total. The van der Waals surface area contributed by atoms with Crippen LogP contribution in [0.3, 0.4) is 0 Å². The number of nitriles is 1. The summed E-state index contributed by atoms with van der Waals surface area (Å²) in [5, 5.41) is 13.2. The summed E-state index contributed by atoms with van der Waals surface area (Å²) in [5.41, 5.74) is 6.95. The van der Waals surface area contributed by atoms with Gasteiger partial charge in [-0.3, -0.25) is 9.69 Å². The summed E-state index contributed by atoms with van der Waals surface area (Å²) < 4.78 is 12.8. The molecule has 2 aliphatic heterocycles. The summed E-state index contributed by atoms with van der Waals surface area (Å²) >= 11 is 6.91. The molecule has 1 atom stereocenters. The Morgan fingerprint density at radius 3 is 2.49 bits per heavy atom. The Balaban J connectivity index is 1.26. The largest absolute Gasteiger partial charge is 0.488 e. The fourth-order valence-electron chi connectivity index (χ4n) is 6.54. The standard InChI is InChI=1S/C39H41ClN4O3/c1-28-32(13-8-14-34(28)31-11-3-2-4-12-31)27-47-38-23-37(46-26-30-10-7-9-29(21-30)24-41)33(22-35(38)40)25-44-18-6-5-15-36(44)39(45)43-19-16-42-17-20-43/h2-4,7-14,21-23,36,42H,5-6,15-20,25-27H2,1H3. The molecule has 1 N–H and O–H groups in total. The van der Waals surface area contributed by atoms with Crippen LogP contribution in [0.4, 0.5) is 0 Å². The van der Waals surface area contributed by atoms with Crippen LogP contribution >= 0.6 is 11.6 Å². The van der Waals surface area contributed by atoms with Crippen molar-refractivity contribution in [3.8, 4) is 28.7 Å². The molecule has 242 valence electrons. The molecule has 1 unspecified atom stereocenters. The van der Waals surface area contributed by atoms with Gasteiger partial charge in [0, 0.05) is 44.4 Å². The molecular formula is C39H41ClN4O3. The van der Waals surface area contributed by atoms with Crippen LogP contribution in [-0.2, 0) is 24.6 Å². The molecule has 4 aromatic carbocycles. The number of halogens is 1. The van der Waals surface area contributed by atoms with E-state index in [0.29, 0.717) is 35.2 Å². The zero-order valence-corrected chi connectivity index (χ0v) is 27.6. The molecule has 0 bridgehead atoms. The van der Waals surface area contributed by atoms with Crippen molar-refractivity contribution in [2.45, 2.75) is 52.0 Å². The highest BCUT2D eigenvalue weighted by Crippen LogP contribution is 2.36. The highest BCUT2D eigenvalue weighted by atomic mass is 35.5. The van der Waals surface area contributed by atoms with Gasteiger partial charge in [-0.25, -0.2) is 0 Å². The number of ether oxygens (including phenoxy) is 2. The van der Waals surface area contributed by atoms with Gasteiger partial charge in [0.25, 0.3) is 0 Å². The number of carbonyl (C=O) groups excluding carboxylic acids is 1. The van der Waals surface area contributed by atoms with Crippen LogP contribution in [-0.4, -0.2) is 54.5 Å². The minimum Gasteiger partial charge on any atom is -0.488 e. The van der Waals surface area contributed by atoms with Crippen LogP contribution < -0.4 is 14.8 Å². The lowest BCUT2D eigenvalue weighted by Crippen LogP contribution is -2.55. The Hall–Kier alpha value is -4.35. The zero-order chi connectivity index (χ0) is 32.6. The molecule has 0 aliphatic carbocycles. The second-order valence-corrected chi connectivity index (χ2v) is 12.7. The molecule has 0 radical (unpaired) electrons. The van der Waals surface area contributed by atoms with Crippen molar-refractivity contribution < 1.29 is 14.3 Å². The Bertz CT molecular complexity index is 1730. The molecule has 8 heteroatoms. The molecular weight excluding hydrogens is 608 g/mol. The molecule has 47 heavy (non-hydrogen) atoms. The number of likely N-dealkylation sites (tertiary alicyclic amines) is 1. The van der Waals surface area contributed by atoms with Crippen LogP contribution in [0.1, 0.15) is 47.1 Å². The van der Waals surface area contributed by atoms with Crippen molar-refractivity contribution in [1.29, 1.82) is 5.26 Å². The molecule has 4 aromatic rings. The number of rotatable bonds is 10. The summed E-state index contributed by atoms with van der Waals surface area (Å²) in [7, 11) is 0. The average molecular weight is 649 g/mol. The topological polar surface area (TPSA) is 77.8 Å². The fourth-order valence-corrected chi connectivity index (χ4v) is 6.78. The van der Waals surface area contributed by atoms with Gasteiger partial charge in [-0.1, -0.05) is 78.7 Å². The third kappa shape index (κ3) is 7.97. The van der Waals surface area contributed by atoms with Gasteiger partial charge >= 0.3 is 0 Å². The monoisotopic (exact) mass is 648 g/mol. The SMILES string of the molecule is Cc1c(COc2cc(OCc3cccc(C#N)c3)c(CN3CCCCC3C(=O)N3CCNCC3)cc2Cl)cccc1-c1ccccc1. The number of nitrogens with one attached hydrogen (secondary N) is 1. The Kier molecular flexibility index (Phi) is 10.7. The second kappa shape index (κ2) is 15.5. The first-order valence-corrected chi connectivity index (χ1v) is 16.8. The molecule has 2 aliphatic rings. The van der Waals surface area contributed by atoms with Crippen molar-refractivity contribution in [3.05, 3.63) is 118 Å². The molecule has 1 amide bonds. The number of hydrogen-bond donors (Lipinski definition) is 1. The summed E-state index contributed by atoms with van der Waals surface area (Å²) in [5.74, 6) is 1.40. The number of benzene rings is 4. The average Bonchev–Trinajstić information content (AvgIpc) is 3.12. The van der Waals surface area contributed by atoms with Gasteiger partial charge in [-0.05, 0) is 72.3 Å². The first kappa shape index (κ1) is 32.6. The molecule has 0 aromatic heterocycles. The number of hydrogen-bond acceptors (Lipinski definition) is 6. The van der Waals surface area contributed by atoms with E-state index in [1.54, 1.807) is 6.07 Å². The predicted molar refractivity (Wildman–Crippen MR) is 185 cm³/mol. The molecule has 0 spiro atoms. The minimum absolute atomic E-state index is 0.170. The fraction of sp³-hybridized carbons (Fsp3) is 0.333. The Morgan fingerprint density at radius 2 is 1.68 bits per heavy atom. The number of carbonyl (C=O) groups is 1. The van der Waals surface area contributed by atoms with Gasteiger partial charge in [-0.15, -0.1) is 0 Å². The number of piperidine rings is 1. The normalized spacial score (nSPS) is 16.8. The second-order valence-electron chi connectivity index (χ2n) is 12.3. The maximum Gasteiger partial charge on any atom is 0.240 e. The van der Waals surface area contributed by atoms with Crippen molar-refractivity contribution in [1.82, 2.24) is 15.1 Å². The van der Waals surface area contributed by atoms with Gasteiger partial charge in [-0.2, -0.15) is 5.26 Å². The minimum atomic E-state index is -0.170. The van der Waals surface area contributed by atoms with Crippen LogP contribution in [0.15, 0.2) is 84.9 Å².